The molecule has 0 atom stereocenters. The molecule has 6 amide bonds. The minimum absolute atomic E-state index is 0.00550. The van der Waals surface area contributed by atoms with Crippen LogP contribution in [0.1, 0.15) is 94.9 Å². The van der Waals surface area contributed by atoms with E-state index in [1.165, 1.54) is 39.5 Å². The van der Waals surface area contributed by atoms with Gasteiger partial charge in [-0.1, -0.05) is 54.1 Å². The molecular formula is C70H87N7O27S4. The fraction of sp³-hybridized carbons (Fsp3) is 0.471. The van der Waals surface area contributed by atoms with Gasteiger partial charge in [0.25, 0.3) is 39.6 Å². The van der Waals surface area contributed by atoms with Crippen LogP contribution < -0.4 is 10.3 Å². The number of para-hydroxylation sites is 2. The second-order valence-electron chi connectivity index (χ2n) is 24.3. The smallest absolute Gasteiger partial charge is 0.425 e. The van der Waals surface area contributed by atoms with Crippen molar-refractivity contribution >= 4 is 126 Å². The number of carbonyl (C=O) groups is 8. The summed E-state index contributed by atoms with van der Waals surface area (Å²) < 4.78 is 161. The molecule has 1 aromatic heterocycles. The lowest BCUT2D eigenvalue weighted by atomic mass is 9.93. The van der Waals surface area contributed by atoms with Crippen molar-refractivity contribution in [2.75, 3.05) is 150 Å². The Kier molecular flexibility index (Phi) is 33.9. The number of hydroxylamine groups is 2. The van der Waals surface area contributed by atoms with Gasteiger partial charge in [0.05, 0.1) is 135 Å². The highest BCUT2D eigenvalue weighted by atomic mass is 32.2. The van der Waals surface area contributed by atoms with Gasteiger partial charge in [0.15, 0.2) is 6.54 Å². The third kappa shape index (κ3) is 24.4. The lowest BCUT2D eigenvalue weighted by Gasteiger charge is -2.35. The van der Waals surface area contributed by atoms with Gasteiger partial charge in [0.1, 0.15) is 22.4 Å². The number of hydrogen-bond donors (Lipinski definition) is 2. The third-order valence-electron chi connectivity index (χ3n) is 16.9. The molecule has 0 aliphatic carbocycles. The number of nitrogen functional groups attached to an aromatic ring is 1. The molecule has 2 saturated heterocycles. The number of piperazine rings is 1. The summed E-state index contributed by atoms with van der Waals surface area (Å²) >= 11 is 0. The number of imide groups is 2. The van der Waals surface area contributed by atoms with E-state index in [-0.39, 0.29) is 135 Å². The summed E-state index contributed by atoms with van der Waals surface area (Å²) in [4.78, 5) is 107. The van der Waals surface area contributed by atoms with Gasteiger partial charge in [0.2, 0.25) is 27.0 Å². The van der Waals surface area contributed by atoms with Crippen molar-refractivity contribution in [3.05, 3.63) is 119 Å². The fourth-order valence-electron chi connectivity index (χ4n) is 11.7. The van der Waals surface area contributed by atoms with Crippen LogP contribution in [0, 0.1) is 6.92 Å². The third-order valence-corrected chi connectivity index (χ3v) is 21.6. The van der Waals surface area contributed by atoms with Crippen LogP contribution in [0.2, 0.25) is 0 Å². The molecule has 5 aromatic carbocycles. The molecule has 0 unspecified atom stereocenters. The number of nitrogens with zero attached hydrogens (tertiary/aromatic N) is 6. The summed E-state index contributed by atoms with van der Waals surface area (Å²) in [6, 6.07) is 25.1. The van der Waals surface area contributed by atoms with Gasteiger partial charge in [-0.2, -0.15) is 8.87 Å². The molecule has 588 valence electrons. The highest BCUT2D eigenvalue weighted by molar-refractivity contribution is 7.89. The van der Waals surface area contributed by atoms with Crippen molar-refractivity contribution in [1.82, 2.24) is 23.5 Å². The first-order chi connectivity index (χ1) is 51.6. The molecule has 9 rings (SSSR count). The van der Waals surface area contributed by atoms with Gasteiger partial charge in [-0.15, -0.1) is 17.7 Å². The summed E-state index contributed by atoms with van der Waals surface area (Å²) in [7, 11) is -16.7. The van der Waals surface area contributed by atoms with Crippen molar-refractivity contribution in [1.29, 1.82) is 0 Å². The van der Waals surface area contributed by atoms with E-state index in [9.17, 15) is 63.4 Å². The molecule has 38 heteroatoms. The summed E-state index contributed by atoms with van der Waals surface area (Å²) in [5, 5.41) is 9.72. The number of aromatic nitrogens is 1. The van der Waals surface area contributed by atoms with Gasteiger partial charge in [-0.25, -0.2) is 34.4 Å². The van der Waals surface area contributed by atoms with E-state index in [2.05, 4.69) is 4.84 Å². The quantitative estimate of drug-likeness (QED) is 0.0139. The predicted molar refractivity (Wildman–Crippen MR) is 383 cm³/mol. The van der Waals surface area contributed by atoms with Gasteiger partial charge in [0, 0.05) is 107 Å². The van der Waals surface area contributed by atoms with E-state index in [0.717, 1.165) is 15.9 Å². The van der Waals surface area contributed by atoms with Crippen molar-refractivity contribution in [3.8, 4) is 0 Å². The molecule has 0 radical (unpaired) electrons. The van der Waals surface area contributed by atoms with Gasteiger partial charge in [-0.05, 0) is 63.1 Å². The number of aliphatic hydroxyl groups is 1. The highest BCUT2D eigenvalue weighted by Crippen LogP contribution is 2.38. The number of pyridine rings is 1. The first kappa shape index (κ1) is 86.5. The number of nitrogens with two attached hydrogens (primary N) is 1. The Morgan fingerprint density at radius 3 is 1.62 bits per heavy atom. The zero-order valence-corrected chi connectivity index (χ0v) is 62.9. The van der Waals surface area contributed by atoms with Crippen molar-refractivity contribution in [3.63, 3.8) is 0 Å². The SMILES string of the molecule is CCOCCOCCOCCOCCOCCOCCOCCCC(=O)CCCN(C(=O)c1c2ccccc2[n+](CCCS(=O)(=O)N2CCN(C(=O)CN3C(=O)c4cccc5c(N)c(S(=O)(=O)[O-])cc(c45)C3=O)CC2)c2ccccc12)S(=O)(=O)c1ccc(C)cc1.O=C(CCO)ON1C(=O)CCC1=O.O=S(=O)=O. The van der Waals surface area contributed by atoms with Gasteiger partial charge < -0.3 is 58.3 Å². The average Bonchev–Trinajstić information content (AvgIpc) is 0.816. The zero-order chi connectivity index (χ0) is 78.6. The largest absolute Gasteiger partial charge is 0.744 e. The number of rotatable bonds is 41. The Morgan fingerprint density at radius 1 is 0.611 bits per heavy atom. The average molecular weight is 1590 g/mol. The molecule has 4 heterocycles. The van der Waals surface area contributed by atoms with Crippen LogP contribution in [-0.2, 0) is 109 Å². The van der Waals surface area contributed by atoms with E-state index >= 15 is 4.79 Å². The summed E-state index contributed by atoms with van der Waals surface area (Å²) in [6.45, 7) is 8.42. The molecule has 108 heavy (non-hydrogen) atoms. The Bertz CT molecular complexity index is 4580. The van der Waals surface area contributed by atoms with Crippen LogP contribution in [-0.4, -0.2) is 262 Å². The summed E-state index contributed by atoms with van der Waals surface area (Å²) in [5.41, 5.74) is 7.27. The number of aliphatic hydroxyl groups excluding tert-OH is 1. The number of anilines is 1. The van der Waals surface area contributed by atoms with Crippen LogP contribution in [0.15, 0.2) is 107 Å². The maximum absolute atomic E-state index is 15.2. The number of benzene rings is 5. The predicted octanol–water partition coefficient (Wildman–Crippen LogP) is 2.46. The Hall–Kier alpha value is -8.74. The van der Waals surface area contributed by atoms with Crippen molar-refractivity contribution in [2.45, 2.75) is 81.5 Å². The molecule has 6 aromatic rings. The van der Waals surface area contributed by atoms with Crippen molar-refractivity contribution < 1.29 is 128 Å². The standard InChI is InChI=1S/C63H78N6O19S3.C7H9NO5.O3S/c1-3-82-31-32-84-35-36-86-39-40-88-42-41-87-38-37-85-34-33-83-30-10-13-47(70)12-9-25-69(90(77,78)48-22-20-46(2)21-23-48)63(74)59-49-14-4-6-18-54(49)67(55-19-7-5-15-50(55)59)24-11-43-89(75,76)66-28-26-65(27-29-66)57(71)45-68-61(72)52-17-8-16-51-58(52)53(62(68)73)44-56(60(51)64)91(79,80)81;9-4-3-7(12)13-8-5(10)1-2-6(8)11;1-4(2)3/h4-8,14-23,44H,3,9-13,24-43,45H2,1-2H3,(H2-,64,72,73,79,80,81);9H,1-4H2;. The van der Waals surface area contributed by atoms with Crippen LogP contribution in [0.3, 0.4) is 0 Å². The summed E-state index contributed by atoms with van der Waals surface area (Å²) in [6.07, 6.45) is 0.700. The number of Topliss-reactive ketones (excluding diaryl/α,β-unsaturated/α-hetero) is 1. The monoisotopic (exact) mass is 1590 g/mol. The fourth-order valence-corrected chi connectivity index (χ4v) is 15.2. The van der Waals surface area contributed by atoms with Crippen molar-refractivity contribution in [2.24, 2.45) is 0 Å². The number of fused-ring (bicyclic) bond motifs is 2. The van der Waals surface area contributed by atoms with Crippen LogP contribution in [0.25, 0.3) is 32.6 Å². The minimum Gasteiger partial charge on any atom is -0.744 e. The maximum Gasteiger partial charge on any atom is 0.425 e. The number of aryl methyl sites for hydroxylation is 2. The highest BCUT2D eigenvalue weighted by Gasteiger charge is 2.39. The molecular weight excluding hydrogens is 1500 g/mol. The second-order valence-corrected chi connectivity index (χ2v) is 30.0. The number of sulfonamides is 2. The Labute approximate surface area is 625 Å². The van der Waals surface area contributed by atoms with Gasteiger partial charge in [-0.3, -0.25) is 38.5 Å². The van der Waals surface area contributed by atoms with E-state index in [1.807, 2.05) is 18.4 Å². The van der Waals surface area contributed by atoms with Gasteiger partial charge >= 0.3 is 16.6 Å². The molecule has 0 bridgehead atoms. The number of carbonyl (C=O) groups excluding carboxylic acids is 8. The first-order valence-corrected chi connectivity index (χ1v) is 40.0. The van der Waals surface area contributed by atoms with Crippen LogP contribution in [0.4, 0.5) is 5.69 Å². The van der Waals surface area contributed by atoms with Crippen LogP contribution >= 0.6 is 0 Å². The number of ketones is 1. The summed E-state index contributed by atoms with van der Waals surface area (Å²) in [5.74, 6) is -5.56. The lowest BCUT2D eigenvalue weighted by molar-refractivity contribution is -0.645. The Balaban J connectivity index is 0.000000845. The number of amides is 6. The number of hydrogen-bond acceptors (Lipinski definition) is 28. The minimum atomic E-state index is -5.14. The molecule has 3 aliphatic heterocycles. The van der Waals surface area contributed by atoms with E-state index in [1.54, 1.807) is 60.7 Å². The zero-order valence-electron chi connectivity index (χ0n) is 59.6. The molecule has 0 saturated carbocycles. The lowest BCUT2D eigenvalue weighted by Crippen LogP contribution is -2.54. The van der Waals surface area contributed by atoms with E-state index in [0.29, 0.717) is 131 Å². The molecule has 3 N–H and O–H groups in total. The normalized spacial score (nSPS) is 14.1. The molecule has 34 nitrogen and oxygen atoms in total. The molecule has 3 aliphatic rings. The molecule has 2 fully saturated rings. The molecule has 0 spiro atoms. The van der Waals surface area contributed by atoms with Crippen LogP contribution in [0.5, 0.6) is 0 Å². The second kappa shape index (κ2) is 42.3. The van der Waals surface area contributed by atoms with E-state index < -0.39 is 99.3 Å². The topological polar surface area (TPSA) is 453 Å². The van der Waals surface area contributed by atoms with E-state index in [4.69, 9.17) is 56.6 Å². The number of ether oxygens (including phenoxy) is 7. The Morgan fingerprint density at radius 2 is 1.10 bits per heavy atom. The maximum atomic E-state index is 15.2. The first-order valence-electron chi connectivity index (χ1n) is 34.5.